The first-order valence-corrected chi connectivity index (χ1v) is 10.9. The van der Waals surface area contributed by atoms with Crippen molar-refractivity contribution in [2.75, 3.05) is 6.61 Å². The van der Waals surface area contributed by atoms with Crippen LogP contribution >= 0.6 is 0 Å². The van der Waals surface area contributed by atoms with E-state index in [0.717, 1.165) is 56.1 Å². The highest BCUT2D eigenvalue weighted by Crippen LogP contribution is 2.37. The molecule has 3 rings (SSSR count). The Morgan fingerprint density at radius 2 is 1.62 bits per heavy atom. The smallest absolute Gasteiger partial charge is 0.200 e. The maximum atomic E-state index is 14.4. The van der Waals surface area contributed by atoms with Gasteiger partial charge in [-0.2, -0.15) is 4.39 Å². The molecule has 2 aromatic rings. The third-order valence-electron chi connectivity index (χ3n) is 6.18. The first-order chi connectivity index (χ1) is 14.0. The molecular formula is C25H31F3O. The fourth-order valence-electron chi connectivity index (χ4n) is 4.21. The van der Waals surface area contributed by atoms with Crippen molar-refractivity contribution >= 4 is 0 Å². The van der Waals surface area contributed by atoms with Crippen LogP contribution in [0.25, 0.3) is 0 Å². The Bertz CT molecular complexity index is 810. The van der Waals surface area contributed by atoms with Crippen LogP contribution in [-0.4, -0.2) is 6.61 Å². The lowest BCUT2D eigenvalue weighted by Crippen LogP contribution is -2.20. The van der Waals surface area contributed by atoms with Crippen molar-refractivity contribution in [2.45, 2.75) is 71.1 Å². The van der Waals surface area contributed by atoms with Crippen molar-refractivity contribution < 1.29 is 17.9 Å². The largest absolute Gasteiger partial charge is 0.490 e. The van der Waals surface area contributed by atoms with E-state index in [1.807, 2.05) is 6.07 Å². The summed E-state index contributed by atoms with van der Waals surface area (Å²) in [6, 6.07) is 8.82. The Morgan fingerprint density at radius 3 is 2.28 bits per heavy atom. The summed E-state index contributed by atoms with van der Waals surface area (Å²) in [5.74, 6) is -1.12. The molecule has 0 unspecified atom stereocenters. The van der Waals surface area contributed by atoms with Gasteiger partial charge < -0.3 is 4.74 Å². The van der Waals surface area contributed by atoms with Crippen LogP contribution in [0.2, 0.25) is 0 Å². The first-order valence-electron chi connectivity index (χ1n) is 10.9. The summed E-state index contributed by atoms with van der Waals surface area (Å²) in [6.45, 7) is 4.29. The molecule has 0 N–H and O–H groups in total. The van der Waals surface area contributed by atoms with Crippen LogP contribution < -0.4 is 4.74 Å². The van der Waals surface area contributed by atoms with Crippen LogP contribution in [-0.2, 0) is 12.8 Å². The molecule has 29 heavy (non-hydrogen) atoms. The van der Waals surface area contributed by atoms with Gasteiger partial charge in [0.15, 0.2) is 11.6 Å². The SMILES string of the molecule is CCCCc1ccc(C2CCC(COc3ccc(CC)c(F)c3F)CC2)cc1F. The molecule has 158 valence electrons. The minimum atomic E-state index is -0.892. The summed E-state index contributed by atoms with van der Waals surface area (Å²) in [5.41, 5.74) is 2.25. The molecule has 0 atom stereocenters. The van der Waals surface area contributed by atoms with Gasteiger partial charge >= 0.3 is 0 Å². The maximum Gasteiger partial charge on any atom is 0.200 e. The lowest BCUT2D eigenvalue weighted by atomic mass is 9.79. The molecule has 1 aliphatic carbocycles. The van der Waals surface area contributed by atoms with Gasteiger partial charge in [-0.15, -0.1) is 0 Å². The van der Waals surface area contributed by atoms with Crippen molar-refractivity contribution in [1.29, 1.82) is 0 Å². The monoisotopic (exact) mass is 404 g/mol. The van der Waals surface area contributed by atoms with Crippen molar-refractivity contribution in [3.63, 3.8) is 0 Å². The fourth-order valence-corrected chi connectivity index (χ4v) is 4.21. The summed E-state index contributed by atoms with van der Waals surface area (Å²) < 4.78 is 48.0. The van der Waals surface area contributed by atoms with E-state index in [1.54, 1.807) is 19.1 Å². The molecule has 2 aromatic carbocycles. The average Bonchev–Trinajstić information content (AvgIpc) is 2.74. The van der Waals surface area contributed by atoms with Gasteiger partial charge in [-0.25, -0.2) is 8.78 Å². The van der Waals surface area contributed by atoms with Gasteiger partial charge in [0.2, 0.25) is 5.82 Å². The Labute approximate surface area is 172 Å². The number of hydrogen-bond acceptors (Lipinski definition) is 1. The molecular weight excluding hydrogens is 373 g/mol. The summed E-state index contributed by atoms with van der Waals surface area (Å²) >= 11 is 0. The van der Waals surface area contributed by atoms with Crippen LogP contribution in [0.4, 0.5) is 13.2 Å². The summed E-state index contributed by atoms with van der Waals surface area (Å²) in [4.78, 5) is 0. The predicted octanol–water partition coefficient (Wildman–Crippen LogP) is 7.36. The molecule has 4 heteroatoms. The molecule has 1 fully saturated rings. The third kappa shape index (κ3) is 5.34. The lowest BCUT2D eigenvalue weighted by molar-refractivity contribution is 0.192. The molecule has 1 saturated carbocycles. The van der Waals surface area contributed by atoms with E-state index < -0.39 is 11.6 Å². The average molecular weight is 405 g/mol. The second kappa shape index (κ2) is 10.2. The predicted molar refractivity (Wildman–Crippen MR) is 111 cm³/mol. The van der Waals surface area contributed by atoms with Gasteiger partial charge in [0.05, 0.1) is 6.61 Å². The Hall–Kier alpha value is -1.97. The Balaban J connectivity index is 1.52. The molecule has 0 aromatic heterocycles. The molecule has 0 aliphatic heterocycles. The summed E-state index contributed by atoms with van der Waals surface area (Å²) in [6.07, 6.45) is 7.14. The topological polar surface area (TPSA) is 9.23 Å². The van der Waals surface area contributed by atoms with Crippen LogP contribution in [0.3, 0.4) is 0 Å². The summed E-state index contributed by atoms with van der Waals surface area (Å²) in [5, 5.41) is 0. The Morgan fingerprint density at radius 1 is 0.897 bits per heavy atom. The molecule has 1 nitrogen and oxygen atoms in total. The standard InChI is InChI=1S/C25H31F3O/c1-3-5-6-20-11-12-21(15-22(20)26)19-9-7-17(8-10-19)16-29-23-14-13-18(4-2)24(27)25(23)28/h11-15,17,19H,3-10,16H2,1-2H3. The van der Waals surface area contributed by atoms with Gasteiger partial charge in [0.25, 0.3) is 0 Å². The lowest BCUT2D eigenvalue weighted by Gasteiger charge is -2.29. The van der Waals surface area contributed by atoms with Crippen molar-refractivity contribution in [3.05, 3.63) is 64.5 Å². The molecule has 0 heterocycles. The van der Waals surface area contributed by atoms with Crippen LogP contribution in [0.15, 0.2) is 30.3 Å². The number of rotatable bonds is 8. The van der Waals surface area contributed by atoms with E-state index in [4.69, 9.17) is 4.74 Å². The molecule has 0 saturated heterocycles. The van der Waals surface area contributed by atoms with Gasteiger partial charge in [-0.1, -0.05) is 38.5 Å². The van der Waals surface area contributed by atoms with E-state index in [-0.39, 0.29) is 11.6 Å². The van der Waals surface area contributed by atoms with Gasteiger partial charge in [0, 0.05) is 0 Å². The highest BCUT2D eigenvalue weighted by atomic mass is 19.2. The molecule has 1 aliphatic rings. The molecule has 0 radical (unpaired) electrons. The van der Waals surface area contributed by atoms with Crippen LogP contribution in [0.5, 0.6) is 5.75 Å². The van der Waals surface area contributed by atoms with Crippen molar-refractivity contribution in [3.8, 4) is 5.75 Å². The number of halogens is 3. The van der Waals surface area contributed by atoms with Crippen LogP contribution in [0, 0.1) is 23.4 Å². The molecule has 0 amide bonds. The van der Waals surface area contributed by atoms with Gasteiger partial charge in [-0.3, -0.25) is 0 Å². The van der Waals surface area contributed by atoms with Crippen molar-refractivity contribution in [1.82, 2.24) is 0 Å². The minimum absolute atomic E-state index is 0.00781. The first kappa shape index (κ1) is 21.7. The zero-order valence-electron chi connectivity index (χ0n) is 17.4. The highest BCUT2D eigenvalue weighted by Gasteiger charge is 2.24. The minimum Gasteiger partial charge on any atom is -0.490 e. The van der Waals surface area contributed by atoms with E-state index in [0.29, 0.717) is 30.4 Å². The number of ether oxygens (including phenoxy) is 1. The zero-order valence-corrected chi connectivity index (χ0v) is 17.4. The van der Waals surface area contributed by atoms with E-state index in [9.17, 15) is 13.2 Å². The Kier molecular flexibility index (Phi) is 7.63. The second-order valence-electron chi connectivity index (χ2n) is 8.19. The van der Waals surface area contributed by atoms with Gasteiger partial charge in [-0.05, 0) is 85.6 Å². The third-order valence-corrected chi connectivity index (χ3v) is 6.18. The fraction of sp³-hybridized carbons (Fsp3) is 0.520. The van der Waals surface area contributed by atoms with E-state index in [1.165, 1.54) is 6.07 Å². The van der Waals surface area contributed by atoms with Crippen molar-refractivity contribution in [2.24, 2.45) is 5.92 Å². The normalized spacial score (nSPS) is 19.3. The van der Waals surface area contributed by atoms with Gasteiger partial charge in [0.1, 0.15) is 5.82 Å². The van der Waals surface area contributed by atoms with Crippen LogP contribution in [0.1, 0.15) is 75.0 Å². The molecule has 0 spiro atoms. The zero-order chi connectivity index (χ0) is 20.8. The molecule has 0 bridgehead atoms. The number of aryl methyl sites for hydroxylation is 2. The quantitative estimate of drug-likeness (QED) is 0.446. The summed E-state index contributed by atoms with van der Waals surface area (Å²) in [7, 11) is 0. The number of unbranched alkanes of at least 4 members (excludes halogenated alkanes) is 1. The van der Waals surface area contributed by atoms with E-state index >= 15 is 0 Å². The number of hydrogen-bond donors (Lipinski definition) is 0. The maximum absolute atomic E-state index is 14.4. The number of benzene rings is 2. The second-order valence-corrected chi connectivity index (χ2v) is 8.19. The highest BCUT2D eigenvalue weighted by molar-refractivity contribution is 5.31. The van der Waals surface area contributed by atoms with E-state index in [2.05, 4.69) is 13.0 Å².